The fourth-order valence-corrected chi connectivity index (χ4v) is 3.89. The first-order valence-corrected chi connectivity index (χ1v) is 27.0. The van der Waals surface area contributed by atoms with E-state index in [4.69, 9.17) is 95.5 Å². The molecule has 85 heavy (non-hydrogen) atoms. The molecule has 0 spiro atoms. The molecule has 0 saturated heterocycles. The fourth-order valence-electron chi connectivity index (χ4n) is 3.89. The van der Waals surface area contributed by atoms with E-state index in [0.717, 1.165) is 0 Å². The monoisotopic (exact) mass is 1230 g/mol. The Bertz CT molecular complexity index is 1700. The lowest BCUT2D eigenvalue weighted by molar-refractivity contribution is -0.142. The van der Waals surface area contributed by atoms with Gasteiger partial charge >= 0.3 is 35.8 Å². The number of methoxy groups -OCH3 is 3. The van der Waals surface area contributed by atoms with Gasteiger partial charge in [0.25, 0.3) is 0 Å². The minimum atomic E-state index is -0.407. The van der Waals surface area contributed by atoms with Crippen molar-refractivity contribution in [3.8, 4) is 0 Å². The van der Waals surface area contributed by atoms with Crippen molar-refractivity contribution in [2.45, 2.75) is 48.5 Å². The minimum Gasteiger partial charge on any atom is -0.460 e. The lowest BCUT2D eigenvalue weighted by Crippen LogP contribution is -2.14. The summed E-state index contributed by atoms with van der Waals surface area (Å²) < 4.78 is 93.5. The maximum Gasteiger partial charge on any atom is 0.333 e. The van der Waals surface area contributed by atoms with Crippen molar-refractivity contribution >= 4 is 35.8 Å². The van der Waals surface area contributed by atoms with Gasteiger partial charge < -0.3 is 100 Å². The standard InChI is InChI=1S/C12H22O6.C11H20O5.C10H18O5.C9H16O4.C8H14O4.C8H14O3/c1-11(2)12(14)18-10-9-17-8-7-16-6-5-15-4-3-13;1-10(2)11(12)16-9-8-15-7-6-14-5-4-13-3;1-9(2)10(12)15-8-7-14-6-5-13-4-3-11;1-8(2)9(10)13-7-6-12-5-4-11-3;1-7(2)8(9)12-5-4-11-6-10-3;1-4-10-5-6-11-8(9)7(2)3/h13H,1,3-10H2,2H3;1,4-9H2,2-3H3;11H,1,3-8H2,2H3;1,4-7H2,2-3H3;1,4-6H2,2-3H3;2,4-6H2,1,3H3. The van der Waals surface area contributed by atoms with Gasteiger partial charge in [0, 0.05) is 61.4 Å². The molecular formula is C58H104O27. The van der Waals surface area contributed by atoms with E-state index in [1.54, 1.807) is 55.8 Å². The van der Waals surface area contributed by atoms with Crippen molar-refractivity contribution < 1.29 is 129 Å². The second-order valence-corrected chi connectivity index (χ2v) is 16.3. The van der Waals surface area contributed by atoms with E-state index in [1.807, 2.05) is 6.92 Å². The number of carbonyl (C=O) groups is 6. The van der Waals surface area contributed by atoms with Crippen LogP contribution < -0.4 is 0 Å². The van der Waals surface area contributed by atoms with Crippen molar-refractivity contribution in [1.82, 2.24) is 0 Å². The first-order chi connectivity index (χ1) is 40.6. The van der Waals surface area contributed by atoms with Crippen LogP contribution in [0.3, 0.4) is 0 Å². The SMILES string of the molecule is C=C(C)C(=O)OCCOCC.C=C(C)C(=O)OCCOCCOC.C=C(C)C(=O)OCCOCCOCCO.C=C(C)C(=O)OCCOCCOCCOC.C=C(C)C(=O)OCCOCCOCCOCCO.C=C(C)C(=O)OCCOCOC. The molecule has 0 rings (SSSR count). The van der Waals surface area contributed by atoms with Crippen molar-refractivity contribution in [2.24, 2.45) is 0 Å². The molecule has 27 nitrogen and oxygen atoms in total. The largest absolute Gasteiger partial charge is 0.460 e. The van der Waals surface area contributed by atoms with Crippen LogP contribution in [0.25, 0.3) is 0 Å². The molecule has 0 aliphatic carbocycles. The Hall–Kier alpha value is -5.34. The fraction of sp³-hybridized carbons (Fsp3) is 0.690. The number of ether oxygens (including phenoxy) is 19. The number of carbonyl (C=O) groups excluding carboxylic acids is 6. The normalized spacial score (nSPS) is 9.88. The highest BCUT2D eigenvalue weighted by molar-refractivity contribution is 5.88. The maximum absolute atomic E-state index is 11.0. The summed E-state index contributed by atoms with van der Waals surface area (Å²) in [6, 6.07) is 0. The second-order valence-electron chi connectivity index (χ2n) is 16.3. The molecule has 498 valence electrons. The van der Waals surface area contributed by atoms with E-state index in [1.165, 1.54) is 7.11 Å². The number of hydrogen-bond donors (Lipinski definition) is 2. The number of aliphatic hydroxyl groups is 2. The first-order valence-electron chi connectivity index (χ1n) is 27.0. The summed E-state index contributed by atoms with van der Waals surface area (Å²) in [5.74, 6) is -2.33. The molecule has 27 heteroatoms. The van der Waals surface area contributed by atoms with Gasteiger partial charge in [0.05, 0.1) is 145 Å². The molecule has 0 aromatic rings. The number of rotatable bonds is 49. The van der Waals surface area contributed by atoms with Gasteiger partial charge in [-0.2, -0.15) is 0 Å². The Kier molecular flexibility index (Phi) is 79.9. The highest BCUT2D eigenvalue weighted by atomic mass is 16.7. The Morgan fingerprint density at radius 2 is 0.435 bits per heavy atom. The predicted octanol–water partition coefficient (Wildman–Crippen LogP) is 3.70. The van der Waals surface area contributed by atoms with Crippen LogP contribution in [0.2, 0.25) is 0 Å². The molecule has 0 bridgehead atoms. The summed E-state index contributed by atoms with van der Waals surface area (Å²) in [6.07, 6.45) is 0. The molecule has 0 aliphatic heterocycles. The molecule has 0 saturated carbocycles. The summed E-state index contributed by atoms with van der Waals surface area (Å²) in [5.41, 5.74) is 2.35. The van der Waals surface area contributed by atoms with E-state index in [9.17, 15) is 28.8 Å². The van der Waals surface area contributed by atoms with Crippen LogP contribution in [0.4, 0.5) is 0 Å². The van der Waals surface area contributed by atoms with Crippen LogP contribution >= 0.6 is 0 Å². The van der Waals surface area contributed by atoms with Crippen LogP contribution in [-0.4, -0.2) is 266 Å². The molecule has 0 heterocycles. The van der Waals surface area contributed by atoms with Gasteiger partial charge in [-0.1, -0.05) is 39.5 Å². The zero-order valence-corrected chi connectivity index (χ0v) is 52.6. The first kappa shape index (κ1) is 90.8. The quantitative estimate of drug-likeness (QED) is 0.0288. The lowest BCUT2D eigenvalue weighted by atomic mass is 10.4. The second kappa shape index (κ2) is 74.8. The van der Waals surface area contributed by atoms with Crippen molar-refractivity contribution in [2.75, 3.05) is 220 Å². The van der Waals surface area contributed by atoms with Gasteiger partial charge in [0.15, 0.2) is 0 Å². The van der Waals surface area contributed by atoms with Gasteiger partial charge in [0.2, 0.25) is 0 Å². The molecule has 0 unspecified atom stereocenters. The van der Waals surface area contributed by atoms with Crippen LogP contribution in [-0.2, 0) is 119 Å². The molecule has 0 fully saturated rings. The van der Waals surface area contributed by atoms with Gasteiger partial charge in [-0.05, 0) is 48.5 Å². The van der Waals surface area contributed by atoms with E-state index >= 15 is 0 Å². The van der Waals surface area contributed by atoms with E-state index < -0.39 is 17.9 Å². The third-order valence-electron chi connectivity index (χ3n) is 8.08. The summed E-state index contributed by atoms with van der Waals surface area (Å²) in [4.78, 5) is 65.1. The molecule has 0 aromatic carbocycles. The summed E-state index contributed by atoms with van der Waals surface area (Å²) >= 11 is 0. The Morgan fingerprint density at radius 1 is 0.259 bits per heavy atom. The van der Waals surface area contributed by atoms with E-state index in [2.05, 4.69) is 44.2 Å². The smallest absolute Gasteiger partial charge is 0.333 e. The molecule has 0 amide bonds. The zero-order chi connectivity index (χ0) is 65.6. The molecule has 0 atom stereocenters. The summed E-state index contributed by atoms with van der Waals surface area (Å²) in [5, 5.41) is 16.8. The molecule has 0 radical (unpaired) electrons. The van der Waals surface area contributed by atoms with E-state index in [-0.39, 0.29) is 70.9 Å². The minimum absolute atomic E-state index is 0.0101. The Labute approximate surface area is 504 Å². The Balaban J connectivity index is -0.000000222. The lowest BCUT2D eigenvalue weighted by Gasteiger charge is -2.07. The van der Waals surface area contributed by atoms with Crippen LogP contribution in [0, 0.1) is 0 Å². The molecular weight excluding hydrogens is 1130 g/mol. The van der Waals surface area contributed by atoms with Gasteiger partial charge in [0.1, 0.15) is 46.4 Å². The van der Waals surface area contributed by atoms with E-state index in [0.29, 0.717) is 179 Å². The van der Waals surface area contributed by atoms with Crippen LogP contribution in [0.5, 0.6) is 0 Å². The average Bonchev–Trinajstić information content (AvgIpc) is 3.47. The number of hydrogen-bond acceptors (Lipinski definition) is 27. The van der Waals surface area contributed by atoms with Crippen molar-refractivity contribution in [3.63, 3.8) is 0 Å². The Morgan fingerprint density at radius 3 is 0.612 bits per heavy atom. The van der Waals surface area contributed by atoms with Crippen molar-refractivity contribution in [3.05, 3.63) is 72.9 Å². The predicted molar refractivity (Wildman–Crippen MR) is 313 cm³/mol. The highest BCUT2D eigenvalue weighted by Gasteiger charge is 2.06. The number of aliphatic hydroxyl groups excluding tert-OH is 2. The van der Waals surface area contributed by atoms with Gasteiger partial charge in [-0.25, -0.2) is 28.8 Å². The molecule has 0 aromatic heterocycles. The summed E-state index contributed by atoms with van der Waals surface area (Å²) in [6.45, 7) is 43.2. The highest BCUT2D eigenvalue weighted by Crippen LogP contribution is 1.96. The third kappa shape index (κ3) is 85.2. The maximum atomic E-state index is 11.0. The third-order valence-corrected chi connectivity index (χ3v) is 8.08. The van der Waals surface area contributed by atoms with Crippen LogP contribution in [0.1, 0.15) is 48.5 Å². The average molecular weight is 1230 g/mol. The molecule has 2 N–H and O–H groups in total. The van der Waals surface area contributed by atoms with Crippen molar-refractivity contribution in [1.29, 1.82) is 0 Å². The summed E-state index contributed by atoms with van der Waals surface area (Å²) in [7, 11) is 4.75. The molecule has 0 aliphatic rings. The number of esters is 6. The zero-order valence-electron chi connectivity index (χ0n) is 52.6. The topological polar surface area (TPSA) is 318 Å². The van der Waals surface area contributed by atoms with Gasteiger partial charge in [-0.3, -0.25) is 0 Å². The van der Waals surface area contributed by atoms with Crippen LogP contribution in [0.15, 0.2) is 72.9 Å². The van der Waals surface area contributed by atoms with Gasteiger partial charge in [-0.15, -0.1) is 0 Å².